The van der Waals surface area contributed by atoms with Crippen LogP contribution in [0.25, 0.3) is 0 Å². The molecule has 0 saturated carbocycles. The lowest BCUT2D eigenvalue weighted by molar-refractivity contribution is -0.135. The number of imidazole rings is 1. The average molecular weight is 210 g/mol. The summed E-state index contributed by atoms with van der Waals surface area (Å²) < 4.78 is 11.6. The van der Waals surface area contributed by atoms with Crippen molar-refractivity contribution in [2.24, 2.45) is 7.05 Å². The molecule has 0 aliphatic rings. The van der Waals surface area contributed by atoms with E-state index in [0.29, 0.717) is 0 Å². The second kappa shape index (κ2) is 5.19. The summed E-state index contributed by atoms with van der Waals surface area (Å²) >= 11 is 0. The highest BCUT2D eigenvalue weighted by atomic mass is 16.5. The van der Waals surface area contributed by atoms with Crippen molar-refractivity contribution in [1.82, 2.24) is 9.55 Å². The normalized spacial score (nSPS) is 12.7. The monoisotopic (exact) mass is 210 g/mol. The molecule has 0 spiro atoms. The van der Waals surface area contributed by atoms with E-state index in [1.165, 1.54) is 19.4 Å². The zero-order valence-electron chi connectivity index (χ0n) is 9.01. The van der Waals surface area contributed by atoms with Crippen LogP contribution in [0.15, 0.2) is 24.7 Å². The van der Waals surface area contributed by atoms with Crippen molar-refractivity contribution in [2.45, 2.75) is 13.0 Å². The van der Waals surface area contributed by atoms with Gasteiger partial charge in [-0.3, -0.25) is 0 Å². The topological polar surface area (TPSA) is 53.4 Å². The zero-order valence-corrected chi connectivity index (χ0v) is 9.01. The predicted octanol–water partition coefficient (Wildman–Crippen LogP) is 1.18. The second-order valence-electron chi connectivity index (χ2n) is 3.00. The summed E-state index contributed by atoms with van der Waals surface area (Å²) in [6.45, 7) is 1.85. The standard InChI is InChI=1S/C10H14N2O3/c1-8(10-11-5-6-12(10)2)15-7-4-9(13)14-3/h4-8H,1-3H3/b7-4+. The van der Waals surface area contributed by atoms with Gasteiger partial charge in [0.05, 0.1) is 19.4 Å². The number of carbonyl (C=O) groups excluding carboxylic acids is 1. The number of nitrogens with zero attached hydrogens (tertiary/aromatic N) is 2. The molecule has 1 aromatic heterocycles. The van der Waals surface area contributed by atoms with E-state index in [1.807, 2.05) is 24.7 Å². The molecular formula is C10H14N2O3. The van der Waals surface area contributed by atoms with E-state index in [2.05, 4.69) is 9.72 Å². The molecule has 5 heteroatoms. The summed E-state index contributed by atoms with van der Waals surface area (Å²) in [7, 11) is 3.20. The second-order valence-corrected chi connectivity index (χ2v) is 3.00. The van der Waals surface area contributed by atoms with E-state index in [1.54, 1.807) is 6.20 Å². The number of carbonyl (C=O) groups is 1. The summed E-state index contributed by atoms with van der Waals surface area (Å²) in [5.41, 5.74) is 0. The van der Waals surface area contributed by atoms with Crippen LogP contribution in [-0.4, -0.2) is 22.6 Å². The summed E-state index contributed by atoms with van der Waals surface area (Å²) in [5, 5.41) is 0. The highest BCUT2D eigenvalue weighted by molar-refractivity contribution is 5.81. The molecule has 1 rings (SSSR count). The zero-order chi connectivity index (χ0) is 11.3. The van der Waals surface area contributed by atoms with Crippen molar-refractivity contribution in [3.05, 3.63) is 30.6 Å². The fourth-order valence-electron chi connectivity index (χ4n) is 1.11. The number of ether oxygens (including phenoxy) is 2. The Hall–Kier alpha value is -1.78. The number of hydrogen-bond acceptors (Lipinski definition) is 4. The van der Waals surface area contributed by atoms with Gasteiger partial charge in [0.15, 0.2) is 6.10 Å². The van der Waals surface area contributed by atoms with Gasteiger partial charge in [0, 0.05) is 19.4 Å². The van der Waals surface area contributed by atoms with E-state index < -0.39 is 5.97 Å². The van der Waals surface area contributed by atoms with Gasteiger partial charge in [0.1, 0.15) is 5.82 Å². The number of methoxy groups -OCH3 is 1. The lowest BCUT2D eigenvalue weighted by Gasteiger charge is -2.10. The van der Waals surface area contributed by atoms with Crippen molar-refractivity contribution in [3.63, 3.8) is 0 Å². The Morgan fingerprint density at radius 3 is 2.93 bits per heavy atom. The molecule has 0 N–H and O–H groups in total. The van der Waals surface area contributed by atoms with Crippen LogP contribution in [-0.2, 0) is 21.3 Å². The van der Waals surface area contributed by atoms with Gasteiger partial charge in [0.2, 0.25) is 0 Å². The molecule has 1 atom stereocenters. The Morgan fingerprint density at radius 2 is 2.40 bits per heavy atom. The van der Waals surface area contributed by atoms with Crippen molar-refractivity contribution >= 4 is 5.97 Å². The van der Waals surface area contributed by atoms with Crippen LogP contribution in [0.4, 0.5) is 0 Å². The largest absolute Gasteiger partial charge is 0.490 e. The Bertz CT molecular complexity index is 357. The van der Waals surface area contributed by atoms with Crippen LogP contribution < -0.4 is 0 Å². The average Bonchev–Trinajstić information content (AvgIpc) is 2.64. The van der Waals surface area contributed by atoms with Gasteiger partial charge in [-0.15, -0.1) is 0 Å². The van der Waals surface area contributed by atoms with Gasteiger partial charge in [-0.05, 0) is 6.92 Å². The third-order valence-electron chi connectivity index (χ3n) is 1.91. The van der Waals surface area contributed by atoms with Crippen LogP contribution >= 0.6 is 0 Å². The molecule has 0 fully saturated rings. The molecule has 0 amide bonds. The van der Waals surface area contributed by atoms with Crippen molar-refractivity contribution in [3.8, 4) is 0 Å². The summed E-state index contributed by atoms with van der Waals surface area (Å²) in [5.74, 6) is 0.353. The van der Waals surface area contributed by atoms with Crippen molar-refractivity contribution < 1.29 is 14.3 Å². The molecule has 1 aromatic rings. The van der Waals surface area contributed by atoms with E-state index in [-0.39, 0.29) is 6.10 Å². The molecular weight excluding hydrogens is 196 g/mol. The van der Waals surface area contributed by atoms with Crippen LogP contribution in [0.3, 0.4) is 0 Å². The number of hydrogen-bond donors (Lipinski definition) is 0. The molecule has 0 saturated heterocycles. The minimum Gasteiger partial charge on any atom is -0.490 e. The minimum atomic E-state index is -0.443. The molecule has 0 aliphatic heterocycles. The van der Waals surface area contributed by atoms with Gasteiger partial charge in [-0.25, -0.2) is 9.78 Å². The molecule has 0 aromatic carbocycles. The van der Waals surface area contributed by atoms with Crippen LogP contribution in [0, 0.1) is 0 Å². The van der Waals surface area contributed by atoms with E-state index >= 15 is 0 Å². The number of aryl methyl sites for hydroxylation is 1. The molecule has 0 bridgehead atoms. The maximum Gasteiger partial charge on any atom is 0.333 e. The summed E-state index contributed by atoms with van der Waals surface area (Å²) in [6, 6.07) is 0. The molecule has 82 valence electrons. The summed E-state index contributed by atoms with van der Waals surface area (Å²) in [4.78, 5) is 14.9. The SMILES string of the molecule is COC(=O)/C=C/OC(C)c1nccn1C. The van der Waals surface area contributed by atoms with Gasteiger partial charge >= 0.3 is 5.97 Å². The van der Waals surface area contributed by atoms with Crippen LogP contribution in [0.2, 0.25) is 0 Å². The Morgan fingerprint density at radius 1 is 1.67 bits per heavy atom. The van der Waals surface area contributed by atoms with Gasteiger partial charge < -0.3 is 14.0 Å². The van der Waals surface area contributed by atoms with Crippen LogP contribution in [0.5, 0.6) is 0 Å². The number of esters is 1. The number of aromatic nitrogens is 2. The number of rotatable bonds is 4. The third kappa shape index (κ3) is 3.12. The smallest absolute Gasteiger partial charge is 0.333 e. The van der Waals surface area contributed by atoms with Crippen molar-refractivity contribution in [2.75, 3.05) is 7.11 Å². The lowest BCUT2D eigenvalue weighted by atomic mass is 10.4. The fourth-order valence-corrected chi connectivity index (χ4v) is 1.11. The Labute approximate surface area is 88.3 Å². The molecule has 15 heavy (non-hydrogen) atoms. The first-order chi connectivity index (χ1) is 7.15. The first-order valence-corrected chi connectivity index (χ1v) is 4.52. The van der Waals surface area contributed by atoms with E-state index in [4.69, 9.17) is 4.74 Å². The van der Waals surface area contributed by atoms with Crippen molar-refractivity contribution in [1.29, 1.82) is 0 Å². The Kier molecular flexibility index (Phi) is 3.91. The Balaban J connectivity index is 2.50. The summed E-state index contributed by atoms with van der Waals surface area (Å²) in [6.07, 6.45) is 5.86. The third-order valence-corrected chi connectivity index (χ3v) is 1.91. The minimum absolute atomic E-state index is 0.203. The fraction of sp³-hybridized carbons (Fsp3) is 0.400. The van der Waals surface area contributed by atoms with E-state index in [9.17, 15) is 4.79 Å². The van der Waals surface area contributed by atoms with Gasteiger partial charge in [-0.1, -0.05) is 0 Å². The highest BCUT2D eigenvalue weighted by Gasteiger charge is 2.09. The van der Waals surface area contributed by atoms with Gasteiger partial charge in [-0.2, -0.15) is 0 Å². The maximum absolute atomic E-state index is 10.7. The maximum atomic E-state index is 10.7. The lowest BCUT2D eigenvalue weighted by Crippen LogP contribution is -2.04. The first kappa shape index (κ1) is 11.3. The quantitative estimate of drug-likeness (QED) is 0.425. The predicted molar refractivity (Wildman–Crippen MR) is 53.9 cm³/mol. The van der Waals surface area contributed by atoms with Gasteiger partial charge in [0.25, 0.3) is 0 Å². The molecule has 1 heterocycles. The molecule has 0 radical (unpaired) electrons. The molecule has 1 unspecified atom stereocenters. The highest BCUT2D eigenvalue weighted by Crippen LogP contribution is 2.13. The molecule has 0 aliphatic carbocycles. The first-order valence-electron chi connectivity index (χ1n) is 4.52. The van der Waals surface area contributed by atoms with Crippen LogP contribution in [0.1, 0.15) is 18.9 Å². The molecule has 5 nitrogen and oxygen atoms in total. The van der Waals surface area contributed by atoms with E-state index in [0.717, 1.165) is 5.82 Å².